The molecule has 0 N–H and O–H groups in total. The Morgan fingerprint density at radius 2 is 1.72 bits per heavy atom. The normalized spacial score (nSPS) is 15.0. The van der Waals surface area contributed by atoms with Crippen LogP contribution in [0.1, 0.15) is 25.3 Å². The zero-order chi connectivity index (χ0) is 22.7. The van der Waals surface area contributed by atoms with Gasteiger partial charge in [0.1, 0.15) is 11.9 Å². The van der Waals surface area contributed by atoms with Gasteiger partial charge in [0.05, 0.1) is 4.90 Å². The summed E-state index contributed by atoms with van der Waals surface area (Å²) < 4.78 is 30.7. The van der Waals surface area contributed by atoms with Crippen molar-refractivity contribution in [2.24, 2.45) is 0 Å². The molecule has 32 heavy (non-hydrogen) atoms. The molecular formula is C23H26N4O4S. The van der Waals surface area contributed by atoms with E-state index in [0.29, 0.717) is 11.4 Å². The lowest BCUT2D eigenvalue weighted by molar-refractivity contribution is 0.170. The van der Waals surface area contributed by atoms with Gasteiger partial charge >= 0.3 is 0 Å². The molecule has 0 spiro atoms. The van der Waals surface area contributed by atoms with Crippen LogP contribution >= 0.6 is 0 Å². The summed E-state index contributed by atoms with van der Waals surface area (Å²) in [5.74, 6) is 1.27. The van der Waals surface area contributed by atoms with Crippen molar-refractivity contribution in [3.8, 4) is 11.4 Å². The van der Waals surface area contributed by atoms with Gasteiger partial charge in [-0.05, 0) is 42.3 Å². The summed E-state index contributed by atoms with van der Waals surface area (Å²) in [5, 5.41) is 0. The molecule has 8 nitrogen and oxygen atoms in total. The minimum absolute atomic E-state index is 0.0189. The van der Waals surface area contributed by atoms with Crippen molar-refractivity contribution in [2.45, 2.75) is 37.2 Å². The zero-order valence-corrected chi connectivity index (χ0v) is 19.0. The summed E-state index contributed by atoms with van der Waals surface area (Å²) in [4.78, 5) is 23.9. The maximum absolute atomic E-state index is 12.6. The molecule has 0 atom stereocenters. The first-order valence-electron chi connectivity index (χ1n) is 10.6. The van der Waals surface area contributed by atoms with Gasteiger partial charge in [-0.25, -0.2) is 18.4 Å². The fourth-order valence-corrected chi connectivity index (χ4v) is 4.29. The van der Waals surface area contributed by atoms with Crippen LogP contribution in [0.4, 0.5) is 5.95 Å². The molecule has 1 aliphatic rings. The predicted octanol–water partition coefficient (Wildman–Crippen LogP) is 2.64. The molecule has 4 rings (SSSR count). The molecule has 1 aliphatic heterocycles. The maximum Gasteiger partial charge on any atom is 0.258 e. The summed E-state index contributed by atoms with van der Waals surface area (Å²) in [7, 11) is -3.28. The maximum atomic E-state index is 12.6. The predicted molar refractivity (Wildman–Crippen MR) is 122 cm³/mol. The Bertz CT molecular complexity index is 1230. The molecule has 0 aliphatic carbocycles. The summed E-state index contributed by atoms with van der Waals surface area (Å²) in [5.41, 5.74) is 1.47. The minimum Gasteiger partial charge on any atom is -0.490 e. The van der Waals surface area contributed by atoms with E-state index in [-0.39, 0.29) is 16.6 Å². The summed E-state index contributed by atoms with van der Waals surface area (Å²) in [6.45, 7) is 3.66. The lowest BCUT2D eigenvalue weighted by atomic mass is 10.1. The number of piperidine rings is 1. The van der Waals surface area contributed by atoms with Crippen molar-refractivity contribution in [1.82, 2.24) is 14.5 Å². The Morgan fingerprint density at radius 3 is 2.28 bits per heavy atom. The number of anilines is 1. The molecule has 0 amide bonds. The highest BCUT2D eigenvalue weighted by Crippen LogP contribution is 2.21. The van der Waals surface area contributed by atoms with E-state index in [9.17, 15) is 13.2 Å². The van der Waals surface area contributed by atoms with Crippen LogP contribution in [-0.2, 0) is 16.3 Å². The van der Waals surface area contributed by atoms with E-state index in [1.54, 1.807) is 24.4 Å². The highest BCUT2D eigenvalue weighted by atomic mass is 32.2. The number of rotatable bonds is 6. The minimum atomic E-state index is -3.28. The van der Waals surface area contributed by atoms with Gasteiger partial charge in [-0.15, -0.1) is 0 Å². The van der Waals surface area contributed by atoms with Crippen molar-refractivity contribution in [2.75, 3.05) is 24.2 Å². The Morgan fingerprint density at radius 1 is 1.06 bits per heavy atom. The molecule has 1 aromatic carbocycles. The molecule has 3 heterocycles. The van der Waals surface area contributed by atoms with E-state index >= 15 is 0 Å². The van der Waals surface area contributed by atoms with Gasteiger partial charge in [-0.1, -0.05) is 6.92 Å². The van der Waals surface area contributed by atoms with Crippen LogP contribution in [-0.4, -0.2) is 48.4 Å². The molecule has 0 unspecified atom stereocenters. The number of ether oxygens (including phenoxy) is 1. The number of pyridine rings is 1. The van der Waals surface area contributed by atoms with Gasteiger partial charge in [0, 0.05) is 62.5 Å². The second-order valence-electron chi connectivity index (χ2n) is 7.89. The monoisotopic (exact) mass is 454 g/mol. The van der Waals surface area contributed by atoms with Gasteiger partial charge in [0.2, 0.25) is 5.95 Å². The van der Waals surface area contributed by atoms with E-state index in [2.05, 4.69) is 21.8 Å². The third kappa shape index (κ3) is 4.99. The highest BCUT2D eigenvalue weighted by Gasteiger charge is 2.22. The molecule has 0 bridgehead atoms. The average molecular weight is 455 g/mol. The molecule has 1 saturated heterocycles. The smallest absolute Gasteiger partial charge is 0.258 e. The average Bonchev–Trinajstić information content (AvgIpc) is 2.79. The summed E-state index contributed by atoms with van der Waals surface area (Å²) in [6, 6.07) is 9.43. The van der Waals surface area contributed by atoms with E-state index in [0.717, 1.165) is 50.1 Å². The van der Waals surface area contributed by atoms with Crippen LogP contribution in [0.3, 0.4) is 0 Å². The lowest BCUT2D eigenvalue weighted by Gasteiger charge is -2.32. The Hall–Kier alpha value is -3.20. The van der Waals surface area contributed by atoms with Crippen LogP contribution in [0.25, 0.3) is 5.69 Å². The van der Waals surface area contributed by atoms with Crippen LogP contribution < -0.4 is 15.2 Å². The topological polar surface area (TPSA) is 94.4 Å². The summed E-state index contributed by atoms with van der Waals surface area (Å²) in [6.07, 6.45) is 9.10. The van der Waals surface area contributed by atoms with E-state index in [4.69, 9.17) is 4.74 Å². The Kier molecular flexibility index (Phi) is 6.27. The number of benzene rings is 1. The SMILES string of the molecule is CCc1cnc(N2CCC(Oc3ccn(-c4ccc(S(C)(=O)=O)cc4)c(=O)c3)CC2)nc1. The van der Waals surface area contributed by atoms with Crippen LogP contribution in [0.5, 0.6) is 5.75 Å². The molecule has 1 fully saturated rings. The molecule has 168 valence electrons. The first kappa shape index (κ1) is 22.0. The molecule has 0 saturated carbocycles. The third-order valence-electron chi connectivity index (χ3n) is 5.56. The molecule has 2 aromatic heterocycles. The quantitative estimate of drug-likeness (QED) is 0.565. The van der Waals surface area contributed by atoms with E-state index in [1.807, 2.05) is 12.4 Å². The van der Waals surface area contributed by atoms with Crippen LogP contribution in [0.15, 0.2) is 64.7 Å². The van der Waals surface area contributed by atoms with Crippen LogP contribution in [0, 0.1) is 0 Å². The van der Waals surface area contributed by atoms with Crippen molar-refractivity contribution in [3.63, 3.8) is 0 Å². The first-order valence-corrected chi connectivity index (χ1v) is 12.5. The van der Waals surface area contributed by atoms with E-state index in [1.165, 1.54) is 22.8 Å². The van der Waals surface area contributed by atoms with E-state index < -0.39 is 9.84 Å². The van der Waals surface area contributed by atoms with Gasteiger partial charge in [0.25, 0.3) is 5.56 Å². The lowest BCUT2D eigenvalue weighted by Crippen LogP contribution is -2.39. The zero-order valence-electron chi connectivity index (χ0n) is 18.1. The summed E-state index contributed by atoms with van der Waals surface area (Å²) >= 11 is 0. The van der Waals surface area contributed by atoms with Crippen molar-refractivity contribution < 1.29 is 13.2 Å². The second-order valence-corrected chi connectivity index (χ2v) is 9.90. The molecule has 9 heteroatoms. The molecule has 0 radical (unpaired) electrons. The second kappa shape index (κ2) is 9.12. The molecule has 3 aromatic rings. The number of hydrogen-bond acceptors (Lipinski definition) is 7. The van der Waals surface area contributed by atoms with Gasteiger partial charge in [-0.3, -0.25) is 9.36 Å². The number of nitrogens with zero attached hydrogens (tertiary/aromatic N) is 4. The van der Waals surface area contributed by atoms with Crippen molar-refractivity contribution >= 4 is 15.8 Å². The Labute approximate surface area is 187 Å². The largest absolute Gasteiger partial charge is 0.490 e. The van der Waals surface area contributed by atoms with Crippen molar-refractivity contribution in [3.05, 3.63) is 70.9 Å². The first-order chi connectivity index (χ1) is 15.3. The Balaban J connectivity index is 1.38. The fraction of sp³-hybridized carbons (Fsp3) is 0.348. The van der Waals surface area contributed by atoms with Crippen LogP contribution in [0.2, 0.25) is 0 Å². The number of aromatic nitrogens is 3. The van der Waals surface area contributed by atoms with Gasteiger partial charge in [0.15, 0.2) is 9.84 Å². The number of sulfone groups is 1. The highest BCUT2D eigenvalue weighted by molar-refractivity contribution is 7.90. The molecular weight excluding hydrogens is 428 g/mol. The standard InChI is InChI=1S/C23H26N4O4S/c1-3-17-15-24-23(25-16-17)26-11-8-19(9-12-26)31-20-10-13-27(22(28)14-20)18-4-6-21(7-5-18)32(2,29)30/h4-7,10,13-16,19H,3,8-9,11-12H2,1-2H3. The van der Waals surface area contributed by atoms with Gasteiger partial charge < -0.3 is 9.64 Å². The third-order valence-corrected chi connectivity index (χ3v) is 6.69. The fourth-order valence-electron chi connectivity index (χ4n) is 3.66. The van der Waals surface area contributed by atoms with Gasteiger partial charge in [-0.2, -0.15) is 0 Å². The van der Waals surface area contributed by atoms with Crippen molar-refractivity contribution in [1.29, 1.82) is 0 Å². The number of hydrogen-bond donors (Lipinski definition) is 0. The number of aryl methyl sites for hydroxylation is 1.